The molecule has 0 radical (unpaired) electrons. The molecule has 0 atom stereocenters. The Morgan fingerprint density at radius 2 is 1.58 bits per heavy atom. The molecule has 198 valence electrons. The number of alkyl carbamates (subject to hydrolysis) is 1. The summed E-state index contributed by atoms with van der Waals surface area (Å²) >= 11 is 0. The number of nitrogens with one attached hydrogen (secondary N) is 1. The SMILES string of the molecule is C=C(C)c1cccc(C(C)(C)NC(=O)OCCCCCCCCCC[n+]2ccc(CCCC)cc2)c1. The largest absolute Gasteiger partial charge is 0.450 e. The van der Waals surface area contributed by atoms with E-state index in [4.69, 9.17) is 4.74 Å². The third kappa shape index (κ3) is 11.4. The van der Waals surface area contributed by atoms with Gasteiger partial charge >= 0.3 is 6.09 Å². The zero-order chi connectivity index (χ0) is 26.2. The minimum Gasteiger partial charge on any atom is -0.450 e. The molecule has 0 aliphatic rings. The van der Waals surface area contributed by atoms with Crippen LogP contribution < -0.4 is 9.88 Å². The van der Waals surface area contributed by atoms with E-state index >= 15 is 0 Å². The maximum atomic E-state index is 12.3. The number of aromatic nitrogens is 1. The molecular formula is C32H49N2O2+. The van der Waals surface area contributed by atoms with Gasteiger partial charge in [-0.15, -0.1) is 0 Å². The summed E-state index contributed by atoms with van der Waals surface area (Å²) in [5, 5.41) is 3.00. The first-order chi connectivity index (χ1) is 17.3. The minimum atomic E-state index is -0.501. The molecular weight excluding hydrogens is 444 g/mol. The smallest absolute Gasteiger partial charge is 0.407 e. The molecule has 1 heterocycles. The third-order valence-electron chi connectivity index (χ3n) is 6.81. The van der Waals surface area contributed by atoms with Crippen LogP contribution in [0.4, 0.5) is 4.79 Å². The van der Waals surface area contributed by atoms with Crippen LogP contribution in [0.5, 0.6) is 0 Å². The van der Waals surface area contributed by atoms with Crippen molar-refractivity contribution in [2.45, 2.75) is 110 Å². The van der Waals surface area contributed by atoms with Gasteiger partial charge < -0.3 is 10.1 Å². The van der Waals surface area contributed by atoms with Crippen LogP contribution in [0.15, 0.2) is 55.4 Å². The molecule has 1 amide bonds. The molecule has 1 aromatic carbocycles. The highest BCUT2D eigenvalue weighted by atomic mass is 16.5. The Labute approximate surface area is 220 Å². The second kappa shape index (κ2) is 16.2. The predicted molar refractivity (Wildman–Crippen MR) is 151 cm³/mol. The highest BCUT2D eigenvalue weighted by molar-refractivity contribution is 5.69. The number of unbranched alkanes of at least 4 members (excludes halogenated alkanes) is 8. The molecule has 0 saturated heterocycles. The number of aryl methyl sites for hydroxylation is 2. The summed E-state index contributed by atoms with van der Waals surface area (Å²) in [5.41, 5.74) is 4.09. The lowest BCUT2D eigenvalue weighted by Crippen LogP contribution is -2.41. The zero-order valence-corrected chi connectivity index (χ0v) is 23.3. The van der Waals surface area contributed by atoms with Crippen LogP contribution in [0.25, 0.3) is 5.57 Å². The van der Waals surface area contributed by atoms with Crippen molar-refractivity contribution in [1.29, 1.82) is 0 Å². The summed E-state index contributed by atoms with van der Waals surface area (Å²) < 4.78 is 7.75. The fourth-order valence-corrected chi connectivity index (χ4v) is 4.34. The minimum absolute atomic E-state index is 0.353. The maximum Gasteiger partial charge on any atom is 0.407 e. The number of rotatable bonds is 17. The van der Waals surface area contributed by atoms with Gasteiger partial charge in [-0.1, -0.05) is 75.8 Å². The summed E-state index contributed by atoms with van der Waals surface area (Å²) in [5.74, 6) is 0. The van der Waals surface area contributed by atoms with E-state index in [-0.39, 0.29) is 6.09 Å². The molecule has 2 rings (SSSR count). The molecule has 0 aliphatic carbocycles. The number of benzene rings is 1. The van der Waals surface area contributed by atoms with Crippen LogP contribution in [0.2, 0.25) is 0 Å². The number of hydrogen-bond acceptors (Lipinski definition) is 2. The van der Waals surface area contributed by atoms with E-state index < -0.39 is 5.54 Å². The number of allylic oxidation sites excluding steroid dienone is 1. The third-order valence-corrected chi connectivity index (χ3v) is 6.81. The van der Waals surface area contributed by atoms with Crippen molar-refractivity contribution in [2.24, 2.45) is 0 Å². The Balaban J connectivity index is 1.48. The number of amides is 1. The van der Waals surface area contributed by atoms with Gasteiger partial charge in [0.05, 0.1) is 12.1 Å². The summed E-state index contributed by atoms with van der Waals surface area (Å²) in [7, 11) is 0. The lowest BCUT2D eigenvalue weighted by molar-refractivity contribution is -0.697. The number of ether oxygens (including phenoxy) is 1. The Kier molecular flexibility index (Phi) is 13.3. The van der Waals surface area contributed by atoms with Crippen molar-refractivity contribution < 1.29 is 14.1 Å². The van der Waals surface area contributed by atoms with E-state index in [2.05, 4.69) is 54.0 Å². The molecule has 2 aromatic rings. The second-order valence-corrected chi connectivity index (χ2v) is 10.6. The fraction of sp³-hybridized carbons (Fsp3) is 0.562. The van der Waals surface area contributed by atoms with Gasteiger partial charge in [0.25, 0.3) is 0 Å². The van der Waals surface area contributed by atoms with E-state index in [0.717, 1.165) is 36.1 Å². The molecule has 4 heteroatoms. The van der Waals surface area contributed by atoms with Crippen LogP contribution in [0.1, 0.15) is 109 Å². The predicted octanol–water partition coefficient (Wildman–Crippen LogP) is 8.13. The molecule has 0 spiro atoms. The lowest BCUT2D eigenvalue weighted by Gasteiger charge is -2.27. The second-order valence-electron chi connectivity index (χ2n) is 10.6. The quantitative estimate of drug-likeness (QED) is 0.178. The van der Waals surface area contributed by atoms with Crippen molar-refractivity contribution in [1.82, 2.24) is 5.32 Å². The van der Waals surface area contributed by atoms with E-state index in [9.17, 15) is 4.79 Å². The Morgan fingerprint density at radius 1 is 0.944 bits per heavy atom. The molecule has 0 aliphatic heterocycles. The normalized spacial score (nSPS) is 11.3. The van der Waals surface area contributed by atoms with Crippen molar-refractivity contribution in [3.05, 3.63) is 72.1 Å². The number of carbonyl (C=O) groups is 1. The van der Waals surface area contributed by atoms with Crippen LogP contribution >= 0.6 is 0 Å². The molecule has 0 unspecified atom stereocenters. The van der Waals surface area contributed by atoms with Gasteiger partial charge in [0.1, 0.15) is 6.54 Å². The Bertz CT molecular complexity index is 918. The van der Waals surface area contributed by atoms with Crippen molar-refractivity contribution in [3.63, 3.8) is 0 Å². The molecule has 0 bridgehead atoms. The number of carbonyl (C=O) groups excluding carboxylic acids is 1. The van der Waals surface area contributed by atoms with Crippen LogP contribution in [0.3, 0.4) is 0 Å². The van der Waals surface area contributed by atoms with Crippen molar-refractivity contribution in [3.8, 4) is 0 Å². The Hall–Kier alpha value is -2.62. The molecule has 36 heavy (non-hydrogen) atoms. The molecule has 1 N–H and O–H groups in total. The van der Waals surface area contributed by atoms with E-state index in [1.54, 1.807) is 0 Å². The summed E-state index contributed by atoms with van der Waals surface area (Å²) in [4.78, 5) is 12.3. The number of pyridine rings is 1. The van der Waals surface area contributed by atoms with Gasteiger partial charge in [0.2, 0.25) is 0 Å². The molecule has 0 fully saturated rings. The first-order valence-electron chi connectivity index (χ1n) is 14.0. The lowest BCUT2D eigenvalue weighted by atomic mass is 9.92. The maximum absolute atomic E-state index is 12.3. The molecule has 1 aromatic heterocycles. The van der Waals surface area contributed by atoms with E-state index in [1.165, 1.54) is 63.4 Å². The molecule has 0 saturated carbocycles. The molecule has 4 nitrogen and oxygen atoms in total. The first kappa shape index (κ1) is 29.6. The van der Waals surface area contributed by atoms with Crippen LogP contribution in [-0.4, -0.2) is 12.7 Å². The van der Waals surface area contributed by atoms with E-state index in [0.29, 0.717) is 6.61 Å². The van der Waals surface area contributed by atoms with Crippen molar-refractivity contribution in [2.75, 3.05) is 6.61 Å². The monoisotopic (exact) mass is 493 g/mol. The summed E-state index contributed by atoms with van der Waals surface area (Å²) in [6.45, 7) is 13.8. The summed E-state index contributed by atoms with van der Waals surface area (Å²) in [6.07, 6.45) is 17.5. The summed E-state index contributed by atoms with van der Waals surface area (Å²) in [6, 6.07) is 12.7. The zero-order valence-electron chi connectivity index (χ0n) is 23.3. The Morgan fingerprint density at radius 3 is 2.22 bits per heavy atom. The number of nitrogens with zero attached hydrogens (tertiary/aromatic N) is 1. The highest BCUT2D eigenvalue weighted by Gasteiger charge is 2.23. The van der Waals surface area contributed by atoms with Gasteiger partial charge in [-0.05, 0) is 69.2 Å². The average Bonchev–Trinajstić information content (AvgIpc) is 2.86. The van der Waals surface area contributed by atoms with Gasteiger partial charge in [0.15, 0.2) is 12.4 Å². The van der Waals surface area contributed by atoms with Crippen LogP contribution in [0, 0.1) is 0 Å². The van der Waals surface area contributed by atoms with Crippen molar-refractivity contribution >= 4 is 11.7 Å². The topological polar surface area (TPSA) is 42.2 Å². The number of hydrogen-bond donors (Lipinski definition) is 1. The van der Waals surface area contributed by atoms with Gasteiger partial charge in [0, 0.05) is 18.6 Å². The standard InChI is InChI=1S/C32H48N2O2/c1-6-7-17-28-20-23-34(24-21-28)22-14-12-10-8-9-11-13-15-25-36-31(35)33-32(4,5)30-19-16-18-29(26-30)27(2)3/h16,18-21,23-24,26H,2,6-15,17,22,25H2,1,3-5H3/p+1. The van der Waals surface area contributed by atoms with E-state index in [1.807, 2.05) is 39.0 Å². The fourth-order valence-electron chi connectivity index (χ4n) is 4.34. The van der Waals surface area contributed by atoms with Gasteiger partial charge in [-0.2, -0.15) is 0 Å². The average molecular weight is 494 g/mol. The van der Waals surface area contributed by atoms with Gasteiger partial charge in [-0.3, -0.25) is 0 Å². The van der Waals surface area contributed by atoms with Crippen LogP contribution in [-0.2, 0) is 23.2 Å². The first-order valence-corrected chi connectivity index (χ1v) is 14.0. The highest BCUT2D eigenvalue weighted by Crippen LogP contribution is 2.23. The van der Waals surface area contributed by atoms with Gasteiger partial charge in [-0.25, -0.2) is 9.36 Å².